The average Bonchev–Trinajstić information content (AvgIpc) is 1.62. The molecule has 6 aromatic rings. The van der Waals surface area contributed by atoms with Crippen LogP contribution >= 0.6 is 69.6 Å². The molecule has 12 rings (SSSR count). The maximum atomic E-state index is 12.9. The number of esters is 1. The number of fused-ring (bicyclic) bond motifs is 3. The number of alkyl halides is 6. The van der Waals surface area contributed by atoms with Crippen LogP contribution in [0, 0.1) is 5.92 Å². The van der Waals surface area contributed by atoms with Crippen LogP contribution in [0.3, 0.4) is 0 Å². The number of aliphatic hydroxyl groups is 1. The molecule has 3 aliphatic carbocycles. The van der Waals surface area contributed by atoms with Gasteiger partial charge >= 0.3 is 30.5 Å². The van der Waals surface area contributed by atoms with E-state index < -0.39 is 114 Å². The minimum Gasteiger partial charge on any atom is -0.508 e. The molecule has 48 heteroatoms. The van der Waals surface area contributed by atoms with Crippen LogP contribution in [-0.2, 0) is 106 Å². The van der Waals surface area contributed by atoms with Crippen molar-refractivity contribution in [1.29, 1.82) is 0 Å². The van der Waals surface area contributed by atoms with Crippen molar-refractivity contribution in [3.05, 3.63) is 173 Å². The number of ketones is 2. The Kier molecular flexibility index (Phi) is 48.4. The summed E-state index contributed by atoms with van der Waals surface area (Å²) in [6.07, 6.45) is -5.70. The summed E-state index contributed by atoms with van der Waals surface area (Å²) >= 11 is 38.6. The normalized spacial score (nSPS) is 19.9. The van der Waals surface area contributed by atoms with Crippen molar-refractivity contribution in [2.45, 2.75) is 245 Å². The van der Waals surface area contributed by atoms with Gasteiger partial charge in [-0.15, -0.1) is 0 Å². The van der Waals surface area contributed by atoms with Crippen LogP contribution in [0.2, 0.25) is 30.1 Å². The molecule has 6 aliphatic rings. The molecule has 6 aromatic carbocycles. The Labute approximate surface area is 891 Å². The number of hydrogen-bond donors (Lipinski definition) is 8. The van der Waals surface area contributed by atoms with Crippen molar-refractivity contribution in [3.63, 3.8) is 0 Å². The number of aromatic hydroxyl groups is 1. The second-order valence-electron chi connectivity index (χ2n) is 39.1. The van der Waals surface area contributed by atoms with Gasteiger partial charge in [0.25, 0.3) is 0 Å². The molecule has 0 aromatic heterocycles. The number of ether oxygens (including phenoxy) is 11. The number of amides is 2. The van der Waals surface area contributed by atoms with Crippen molar-refractivity contribution in [3.8, 4) is 17.2 Å². The van der Waals surface area contributed by atoms with Gasteiger partial charge in [0.1, 0.15) is 46.3 Å². The highest BCUT2D eigenvalue weighted by Gasteiger charge is 2.46. The number of aliphatic hydroxyl groups excluding tert-OH is 1. The van der Waals surface area contributed by atoms with Crippen LogP contribution in [0.5, 0.6) is 17.2 Å². The van der Waals surface area contributed by atoms with E-state index in [4.69, 9.17) is 133 Å². The lowest BCUT2D eigenvalue weighted by molar-refractivity contribution is -0.171. The number of piperidine rings is 3. The third kappa shape index (κ3) is 41.2. The Balaban J connectivity index is 0.000000229. The fourth-order valence-electron chi connectivity index (χ4n) is 17.5. The van der Waals surface area contributed by atoms with Gasteiger partial charge in [-0.05, 0) is 284 Å². The Morgan fingerprint density at radius 2 is 0.764 bits per heavy atom. The summed E-state index contributed by atoms with van der Waals surface area (Å²) in [5.41, 5.74) is 9.35. The lowest BCUT2D eigenvalue weighted by Gasteiger charge is -2.39. The van der Waals surface area contributed by atoms with Crippen LogP contribution in [0.4, 0.5) is 35.9 Å². The van der Waals surface area contributed by atoms with Crippen LogP contribution < -0.4 is 40.0 Å². The quantitative estimate of drug-likeness (QED) is 0.00762. The van der Waals surface area contributed by atoms with Crippen LogP contribution in [-0.4, -0.2) is 284 Å². The molecule has 3 aliphatic heterocycles. The maximum Gasteiger partial charge on any atom is 0.449 e. The van der Waals surface area contributed by atoms with Gasteiger partial charge in [-0.1, -0.05) is 69.6 Å². The predicted octanol–water partition coefficient (Wildman–Crippen LogP) is 16.6. The molecule has 0 saturated carbocycles. The third-order valence-corrected chi connectivity index (χ3v) is 30.0. The number of hydrogen-bond acceptors (Lipinski definition) is 28. The highest BCUT2D eigenvalue weighted by molar-refractivity contribution is 7.90. The molecule has 0 bridgehead atoms. The van der Waals surface area contributed by atoms with E-state index >= 15 is 0 Å². The van der Waals surface area contributed by atoms with Gasteiger partial charge in [0, 0.05) is 138 Å². The van der Waals surface area contributed by atoms with Crippen molar-refractivity contribution >= 4 is 129 Å². The highest BCUT2D eigenvalue weighted by atomic mass is 35.5. The molecular weight excluding hydrogens is 2130 g/mol. The summed E-state index contributed by atoms with van der Waals surface area (Å²) in [4.78, 5) is 65.6. The van der Waals surface area contributed by atoms with E-state index in [1.165, 1.54) is 48.5 Å². The first-order chi connectivity index (χ1) is 69.5. The molecular formula is C100H135Cl6F6N9O24S3. The van der Waals surface area contributed by atoms with Crippen molar-refractivity contribution in [2.24, 2.45) is 11.7 Å². The molecule has 3 fully saturated rings. The van der Waals surface area contributed by atoms with E-state index in [0.717, 1.165) is 98.1 Å². The number of Topliss-reactive ketones (excluding diaryl/α,β-unsaturated/α-hetero) is 2. The first-order valence-corrected chi connectivity index (χ1v) is 55.5. The molecule has 0 radical (unpaired) electrons. The van der Waals surface area contributed by atoms with Gasteiger partial charge in [-0.2, -0.15) is 26.3 Å². The lowest BCUT2D eigenvalue weighted by atomic mass is 9.92. The summed E-state index contributed by atoms with van der Waals surface area (Å²) in [7, 11) is -11.3. The Hall–Kier alpha value is -7.32. The van der Waals surface area contributed by atoms with Gasteiger partial charge in [-0.3, -0.25) is 29.1 Å². The highest BCUT2D eigenvalue weighted by Crippen LogP contribution is 2.48. The standard InChI is InChI=1S/C34H44Cl2F3N3O8S.C31H44Cl2N4O7S.C20H27Cl2NO3.C15H20F3NO6S/c1-33(2,3)50-32(44)41-23-6-4-13-42(21-23)29-20-26-27(18-22(35)19-28(26)36)31(29)49-24-8-10-25(11-9-24)51(45,46)40-12-15-48-17-16-47-14-5-7-30(43)34(37,38)39;1-31(2,3)44-30(38)36-22-5-4-12-37(20-22)28-19-25-26(17-21(32)18-27(25)33)29(28)43-23-6-8-24(9-7-23)45(39,40)35-11-14-42-16-15-41-13-10-34;1-20(2,3)26-18(25)7-12-5-4-6-23(11-12)19-15-8-13(21)9-16(22)14(15)10-17(19)24;16-15(17,18)14(21)2-1-8-24-10-11-25-9-7-19-26(22,23)13-5-3-12(20)4-6-13/h8-11,18-19,23,29,31,40H,4-7,12-17,20-21H2,1-3H3,(H,41,44);6-9,17-18,22,28-29,35H,4-5,10-16,19-20,34H2,1-3H3,(H,36,38);8-9,12,17,19,24H,4-7,10-11H2,1-3H3;3-6,19-20H,1-2,7-11H2/t23-,29+,31+;22-,28+,29+;12-,17+,19+;/m110./s1. The van der Waals surface area contributed by atoms with E-state index in [2.05, 4.69) is 39.5 Å². The van der Waals surface area contributed by atoms with Crippen molar-refractivity contribution in [1.82, 2.24) is 39.5 Å². The molecule has 9 atom stereocenters. The van der Waals surface area contributed by atoms with Gasteiger partial charge in [0.05, 0.1) is 105 Å². The van der Waals surface area contributed by atoms with Gasteiger partial charge in [-0.25, -0.2) is 49.0 Å². The van der Waals surface area contributed by atoms with Gasteiger partial charge in [0.2, 0.25) is 41.6 Å². The SMILES string of the molecule is CC(C)(C)OC(=O)C[C@@H]1CCCN([C@@H]2c3cc(Cl)cc(Cl)c3C[C@H]2O)C1.CC(C)(C)OC(=O)N[C@@H]1CCCN([C@H]2Cc3c(Cl)cc(Cl)cc3[C@@H]2Oc2ccc(S(=O)(=O)NCCOCCOCCCC(=O)C(F)(F)F)cc2)C1.CC(C)(C)OC(=O)N[C@@H]1CCCN([C@H]2Cc3c(Cl)cc(Cl)cc3[C@@H]2Oc2ccc(S(=O)(=O)NCCOCCOCCN)cc2)C1.O=C(CCCOCCOCCNS(=O)(=O)c1ccc(O)cc1)C(F)(F)F. The smallest absolute Gasteiger partial charge is 0.449 e. The second-order valence-corrected chi connectivity index (χ2v) is 46.9. The molecule has 826 valence electrons. The number of alkyl carbamates (subject to hydrolysis) is 2. The first kappa shape index (κ1) is 124. The van der Waals surface area contributed by atoms with E-state index in [0.29, 0.717) is 107 Å². The van der Waals surface area contributed by atoms with E-state index in [9.17, 15) is 80.7 Å². The van der Waals surface area contributed by atoms with Crippen LogP contribution in [0.1, 0.15) is 185 Å². The number of carbonyl (C=O) groups excluding carboxylic acids is 5. The molecule has 3 heterocycles. The summed E-state index contributed by atoms with van der Waals surface area (Å²) in [5, 5.41) is 29.1. The predicted molar refractivity (Wildman–Crippen MR) is 547 cm³/mol. The van der Waals surface area contributed by atoms with Gasteiger partial charge < -0.3 is 78.7 Å². The maximum absolute atomic E-state index is 12.9. The van der Waals surface area contributed by atoms with E-state index in [1.807, 2.05) is 80.5 Å². The number of halogens is 12. The monoisotopic (exact) mass is 2270 g/mol. The van der Waals surface area contributed by atoms with E-state index in [-0.39, 0.29) is 154 Å². The number of nitrogens with one attached hydrogen (secondary N) is 5. The molecule has 3 saturated heterocycles. The number of phenolic OH excluding ortho intramolecular Hbond substituents is 1. The number of nitrogens with two attached hydrogens (primary N) is 1. The van der Waals surface area contributed by atoms with Gasteiger partial charge in [0.15, 0.2) is 0 Å². The van der Waals surface area contributed by atoms with Crippen LogP contribution in [0.15, 0.2) is 124 Å². The average molecular weight is 2270 g/mol. The lowest BCUT2D eigenvalue weighted by Crippen LogP contribution is -2.53. The molecule has 148 heavy (non-hydrogen) atoms. The van der Waals surface area contributed by atoms with Crippen molar-refractivity contribution < 1.29 is 138 Å². The summed E-state index contributed by atoms with van der Waals surface area (Å²) in [6.45, 7) is 23.6. The number of rotatable bonds is 45. The number of carbonyl (C=O) groups is 5. The first-order valence-electron chi connectivity index (χ1n) is 48.8. The van der Waals surface area contributed by atoms with Crippen molar-refractivity contribution in [2.75, 3.05) is 145 Å². The molecule has 33 nitrogen and oxygen atoms in total. The fourth-order valence-corrected chi connectivity index (χ4v) is 22.3. The summed E-state index contributed by atoms with van der Waals surface area (Å²) < 4.78 is 216. The zero-order valence-electron chi connectivity index (χ0n) is 84.1. The van der Waals surface area contributed by atoms with E-state index in [1.54, 1.807) is 42.5 Å². The van der Waals surface area contributed by atoms with Crippen LogP contribution in [0.25, 0.3) is 0 Å². The zero-order chi connectivity index (χ0) is 109. The summed E-state index contributed by atoms with van der Waals surface area (Å²) in [5.74, 6) is -2.58. The zero-order valence-corrected chi connectivity index (χ0v) is 91.1. The molecule has 0 unspecified atom stereocenters. The fraction of sp³-hybridized carbons (Fsp3) is 0.590. The topological polar surface area (TPSA) is 426 Å². The second kappa shape index (κ2) is 57.7. The number of sulfonamides is 3. The Morgan fingerprint density at radius 3 is 1.13 bits per heavy atom. The number of likely N-dealkylation sites (tertiary alicyclic amines) is 3. The number of benzene rings is 6. The Morgan fingerprint density at radius 1 is 0.426 bits per heavy atom. The number of nitrogens with zero attached hydrogens (tertiary/aromatic N) is 3. The summed E-state index contributed by atoms with van der Waals surface area (Å²) in [6, 6.07) is 27.7. The molecule has 2 amide bonds. The molecule has 9 N–H and O–H groups in total. The minimum absolute atomic E-state index is 0.00133. The molecule has 0 spiro atoms. The number of phenols is 1. The largest absolute Gasteiger partial charge is 0.508 e. The minimum atomic E-state index is -4.84. The Bertz CT molecular complexity index is 5670. The third-order valence-electron chi connectivity index (χ3n) is 23.9.